The first kappa shape index (κ1) is 21.7. The molecule has 4 aromatic rings. The number of hydrazone groups is 1. The number of hydrogen-bond acceptors (Lipinski definition) is 5. The van der Waals surface area contributed by atoms with Gasteiger partial charge in [0.05, 0.1) is 25.1 Å². The molecule has 0 spiro atoms. The van der Waals surface area contributed by atoms with Gasteiger partial charge in [0.2, 0.25) is 0 Å². The second-order valence-corrected chi connectivity index (χ2v) is 8.08. The number of amides is 1. The summed E-state index contributed by atoms with van der Waals surface area (Å²) in [5.41, 5.74) is 7.46. The molecule has 7 nitrogen and oxygen atoms in total. The van der Waals surface area contributed by atoms with Crippen LogP contribution in [-0.4, -0.2) is 43.0 Å². The normalized spacial score (nSPS) is 14.0. The highest BCUT2D eigenvalue weighted by atomic mass is 16.5. The van der Waals surface area contributed by atoms with Crippen molar-refractivity contribution < 1.29 is 13.9 Å². The van der Waals surface area contributed by atoms with Crippen LogP contribution < -0.4 is 10.3 Å². The molecule has 0 atom stereocenters. The molecule has 2 aromatic carbocycles. The Bertz CT molecular complexity index is 1280. The van der Waals surface area contributed by atoms with Crippen LogP contribution in [0, 0.1) is 6.92 Å². The molecule has 0 bridgehead atoms. The van der Waals surface area contributed by atoms with Crippen LogP contribution in [0.2, 0.25) is 0 Å². The number of carbonyl (C=O) groups excluding carboxylic acids is 1. The van der Waals surface area contributed by atoms with E-state index in [0.717, 1.165) is 41.6 Å². The van der Waals surface area contributed by atoms with Crippen molar-refractivity contribution in [2.45, 2.75) is 6.92 Å². The van der Waals surface area contributed by atoms with Gasteiger partial charge in [-0.05, 0) is 55.0 Å². The lowest BCUT2D eigenvalue weighted by molar-refractivity contribution is 0.0955. The van der Waals surface area contributed by atoms with Gasteiger partial charge in [0.25, 0.3) is 5.91 Å². The summed E-state index contributed by atoms with van der Waals surface area (Å²) in [6, 6.07) is 25.7. The first-order chi connectivity index (χ1) is 16.7. The van der Waals surface area contributed by atoms with E-state index in [4.69, 9.17) is 9.15 Å². The average Bonchev–Trinajstić information content (AvgIpc) is 3.52. The Balaban J connectivity index is 1.25. The number of nitrogens with one attached hydrogen (secondary N) is 1. The SMILES string of the molecule is Cc1ccc(-c2ccccc2)n1-c1ccc(C(=O)N/N=C/c2ccc(N3CCOCC3)o2)cc1. The van der Waals surface area contributed by atoms with Crippen LogP contribution in [0.1, 0.15) is 21.8 Å². The molecule has 1 aliphatic heterocycles. The van der Waals surface area contributed by atoms with Gasteiger partial charge in [-0.15, -0.1) is 0 Å². The summed E-state index contributed by atoms with van der Waals surface area (Å²) in [6.07, 6.45) is 1.51. The second-order valence-electron chi connectivity index (χ2n) is 8.08. The zero-order chi connectivity index (χ0) is 23.3. The third-order valence-electron chi connectivity index (χ3n) is 5.83. The van der Waals surface area contributed by atoms with E-state index in [1.807, 2.05) is 42.5 Å². The van der Waals surface area contributed by atoms with E-state index in [1.54, 1.807) is 12.1 Å². The van der Waals surface area contributed by atoms with Crippen molar-refractivity contribution in [3.63, 3.8) is 0 Å². The van der Waals surface area contributed by atoms with Crippen LogP contribution >= 0.6 is 0 Å². The van der Waals surface area contributed by atoms with E-state index in [0.29, 0.717) is 24.5 Å². The lowest BCUT2D eigenvalue weighted by Crippen LogP contribution is -2.35. The molecule has 0 saturated carbocycles. The number of carbonyl (C=O) groups is 1. The number of ether oxygens (including phenoxy) is 1. The molecular weight excluding hydrogens is 428 g/mol. The Hall–Kier alpha value is -4.10. The maximum atomic E-state index is 12.6. The first-order valence-electron chi connectivity index (χ1n) is 11.3. The smallest absolute Gasteiger partial charge is 0.271 e. The molecule has 1 N–H and O–H groups in total. The molecular formula is C27H26N4O3. The summed E-state index contributed by atoms with van der Waals surface area (Å²) < 4.78 is 13.3. The minimum atomic E-state index is -0.282. The summed E-state index contributed by atoms with van der Waals surface area (Å²) >= 11 is 0. The topological polar surface area (TPSA) is 72.0 Å². The number of morpholine rings is 1. The van der Waals surface area contributed by atoms with Crippen molar-refractivity contribution in [1.82, 2.24) is 9.99 Å². The monoisotopic (exact) mass is 454 g/mol. The van der Waals surface area contributed by atoms with E-state index in [9.17, 15) is 4.79 Å². The molecule has 0 aliphatic carbocycles. The standard InChI is InChI=1S/C27H26N4O3/c1-20-7-13-25(21-5-3-2-4-6-21)31(20)23-10-8-22(9-11-23)27(32)29-28-19-24-12-14-26(34-24)30-15-17-33-18-16-30/h2-14,19H,15-18H2,1H3,(H,29,32)/b28-19+. The van der Waals surface area contributed by atoms with Crippen LogP contribution in [0.5, 0.6) is 0 Å². The Morgan fingerprint density at radius 3 is 2.47 bits per heavy atom. The fourth-order valence-corrected chi connectivity index (χ4v) is 4.06. The summed E-state index contributed by atoms with van der Waals surface area (Å²) in [4.78, 5) is 14.7. The Morgan fingerprint density at radius 2 is 1.71 bits per heavy atom. The molecule has 0 radical (unpaired) electrons. The molecule has 1 aliphatic rings. The molecule has 5 rings (SSSR count). The van der Waals surface area contributed by atoms with Gasteiger partial charge in [-0.1, -0.05) is 30.3 Å². The van der Waals surface area contributed by atoms with Gasteiger partial charge in [-0.3, -0.25) is 4.79 Å². The molecule has 3 heterocycles. The minimum Gasteiger partial charge on any atom is -0.440 e. The largest absolute Gasteiger partial charge is 0.440 e. The van der Waals surface area contributed by atoms with E-state index in [-0.39, 0.29) is 5.91 Å². The number of hydrogen-bond donors (Lipinski definition) is 1. The van der Waals surface area contributed by atoms with Crippen LogP contribution in [0.15, 0.2) is 88.4 Å². The zero-order valence-electron chi connectivity index (χ0n) is 19.0. The number of nitrogens with zero attached hydrogens (tertiary/aromatic N) is 3. The lowest BCUT2D eigenvalue weighted by atomic mass is 10.1. The highest BCUT2D eigenvalue weighted by molar-refractivity contribution is 5.95. The molecule has 172 valence electrons. The van der Waals surface area contributed by atoms with Crippen molar-refractivity contribution in [1.29, 1.82) is 0 Å². The predicted molar refractivity (Wildman–Crippen MR) is 133 cm³/mol. The maximum absolute atomic E-state index is 12.6. The highest BCUT2D eigenvalue weighted by Crippen LogP contribution is 2.26. The van der Waals surface area contributed by atoms with Gasteiger partial charge >= 0.3 is 0 Å². The van der Waals surface area contributed by atoms with Crippen LogP contribution in [0.3, 0.4) is 0 Å². The number of anilines is 1. The second kappa shape index (κ2) is 9.80. The van der Waals surface area contributed by atoms with Crippen molar-refractivity contribution in [2.24, 2.45) is 5.10 Å². The molecule has 1 saturated heterocycles. The van der Waals surface area contributed by atoms with Crippen LogP contribution in [0.25, 0.3) is 16.9 Å². The number of aryl methyl sites for hydroxylation is 1. The number of furan rings is 1. The van der Waals surface area contributed by atoms with Gasteiger partial charge in [0.1, 0.15) is 5.76 Å². The number of rotatable bonds is 6. The van der Waals surface area contributed by atoms with Crippen LogP contribution in [-0.2, 0) is 4.74 Å². The van der Waals surface area contributed by atoms with Gasteiger partial charge in [0, 0.05) is 36.1 Å². The van der Waals surface area contributed by atoms with Crippen molar-refractivity contribution >= 4 is 18.0 Å². The van der Waals surface area contributed by atoms with Gasteiger partial charge in [0.15, 0.2) is 5.88 Å². The fourth-order valence-electron chi connectivity index (χ4n) is 4.06. The first-order valence-corrected chi connectivity index (χ1v) is 11.3. The quantitative estimate of drug-likeness (QED) is 0.340. The average molecular weight is 455 g/mol. The van der Waals surface area contributed by atoms with Gasteiger partial charge < -0.3 is 18.6 Å². The predicted octanol–water partition coefficient (Wildman–Crippen LogP) is 4.65. The van der Waals surface area contributed by atoms with Crippen molar-refractivity contribution in [3.8, 4) is 16.9 Å². The van der Waals surface area contributed by atoms with E-state index < -0.39 is 0 Å². The Kier molecular flexibility index (Phi) is 6.27. The maximum Gasteiger partial charge on any atom is 0.271 e. The lowest BCUT2D eigenvalue weighted by Gasteiger charge is -2.26. The summed E-state index contributed by atoms with van der Waals surface area (Å²) in [6.45, 7) is 5.05. The third-order valence-corrected chi connectivity index (χ3v) is 5.83. The van der Waals surface area contributed by atoms with Gasteiger partial charge in [-0.25, -0.2) is 5.43 Å². The fraction of sp³-hybridized carbons (Fsp3) is 0.185. The molecule has 34 heavy (non-hydrogen) atoms. The minimum absolute atomic E-state index is 0.282. The Morgan fingerprint density at radius 1 is 0.941 bits per heavy atom. The van der Waals surface area contributed by atoms with E-state index in [1.165, 1.54) is 6.21 Å². The Labute approximate surface area is 198 Å². The number of benzene rings is 2. The molecule has 2 aromatic heterocycles. The van der Waals surface area contributed by atoms with Crippen molar-refractivity contribution in [3.05, 3.63) is 95.9 Å². The van der Waals surface area contributed by atoms with Crippen LogP contribution in [0.4, 0.5) is 5.88 Å². The zero-order valence-corrected chi connectivity index (χ0v) is 19.0. The molecule has 1 fully saturated rings. The number of aromatic nitrogens is 1. The molecule has 0 unspecified atom stereocenters. The summed E-state index contributed by atoms with van der Waals surface area (Å²) in [5.74, 6) is 1.07. The van der Waals surface area contributed by atoms with Gasteiger partial charge in [-0.2, -0.15) is 5.10 Å². The summed E-state index contributed by atoms with van der Waals surface area (Å²) in [7, 11) is 0. The molecule has 7 heteroatoms. The third kappa shape index (κ3) is 4.65. The van der Waals surface area contributed by atoms with Crippen molar-refractivity contribution in [2.75, 3.05) is 31.2 Å². The van der Waals surface area contributed by atoms with E-state index >= 15 is 0 Å². The molecule has 1 amide bonds. The summed E-state index contributed by atoms with van der Waals surface area (Å²) in [5, 5.41) is 4.05. The highest BCUT2D eigenvalue weighted by Gasteiger charge is 2.14. The van der Waals surface area contributed by atoms with E-state index in [2.05, 4.69) is 51.2 Å².